The number of hydrogen-bond donors (Lipinski definition) is 1. The quantitative estimate of drug-likeness (QED) is 0.878. The number of hydrogen-bond acceptors (Lipinski definition) is 3. The van der Waals surface area contributed by atoms with Crippen molar-refractivity contribution >= 4 is 0 Å². The van der Waals surface area contributed by atoms with Crippen molar-refractivity contribution in [1.82, 2.24) is 4.98 Å². The Hall–Kier alpha value is -2.08. The van der Waals surface area contributed by atoms with E-state index in [1.165, 1.54) is 6.07 Å². The molecule has 1 aromatic heterocycles. The molecule has 0 fully saturated rings. The Kier molecular flexibility index (Phi) is 7.71. The van der Waals surface area contributed by atoms with Gasteiger partial charge in [-0.05, 0) is 36.6 Å². The van der Waals surface area contributed by atoms with Crippen molar-refractivity contribution in [2.45, 2.75) is 39.4 Å². The summed E-state index contributed by atoms with van der Waals surface area (Å²) in [5, 5.41) is 0. The van der Waals surface area contributed by atoms with Crippen molar-refractivity contribution in [3.63, 3.8) is 0 Å². The molecule has 3 nitrogen and oxygen atoms in total. The molecule has 0 spiro atoms. The lowest BCUT2D eigenvalue weighted by atomic mass is 10.0. The van der Waals surface area contributed by atoms with Gasteiger partial charge in [-0.3, -0.25) is 4.98 Å². The van der Waals surface area contributed by atoms with E-state index in [9.17, 15) is 13.2 Å². The van der Waals surface area contributed by atoms with E-state index in [1.54, 1.807) is 18.5 Å². The minimum absolute atomic E-state index is 0.210. The maximum atomic E-state index is 12.6. The molecule has 1 unspecified atom stereocenters. The Morgan fingerprint density at radius 1 is 1.17 bits per heavy atom. The second-order valence-corrected chi connectivity index (χ2v) is 5.17. The molecule has 2 aromatic rings. The highest BCUT2D eigenvalue weighted by molar-refractivity contribution is 5.26. The van der Waals surface area contributed by atoms with E-state index in [-0.39, 0.29) is 6.61 Å². The molecule has 0 radical (unpaired) electrons. The maximum Gasteiger partial charge on any atom is 0.416 e. The van der Waals surface area contributed by atoms with Crippen LogP contribution in [-0.4, -0.2) is 17.6 Å². The van der Waals surface area contributed by atoms with Gasteiger partial charge in [-0.1, -0.05) is 32.0 Å². The minimum atomic E-state index is -4.34. The molecule has 0 saturated carbocycles. The molecule has 0 aliphatic heterocycles. The Labute approximate surface area is 140 Å². The number of halogens is 3. The molecule has 1 aromatic carbocycles. The van der Waals surface area contributed by atoms with Crippen molar-refractivity contribution in [1.29, 1.82) is 0 Å². The predicted octanol–water partition coefficient (Wildman–Crippen LogP) is 4.38. The number of benzene rings is 1. The highest BCUT2D eigenvalue weighted by atomic mass is 19.4. The second-order valence-electron chi connectivity index (χ2n) is 5.17. The summed E-state index contributed by atoms with van der Waals surface area (Å²) in [6, 6.07) is 6.60. The molecule has 2 rings (SSSR count). The van der Waals surface area contributed by atoms with Gasteiger partial charge in [-0.15, -0.1) is 0 Å². The first-order valence-electron chi connectivity index (χ1n) is 7.81. The van der Waals surface area contributed by atoms with E-state index in [1.807, 2.05) is 26.8 Å². The molecule has 1 heterocycles. The SMILES string of the molecule is CC.Cc1cncc(OCC(N)Cc2cccc(C(F)(F)F)c2)c1. The van der Waals surface area contributed by atoms with Crippen LogP contribution in [-0.2, 0) is 12.6 Å². The molecule has 0 saturated heterocycles. The average Bonchev–Trinajstić information content (AvgIpc) is 2.54. The van der Waals surface area contributed by atoms with Gasteiger partial charge < -0.3 is 10.5 Å². The highest BCUT2D eigenvalue weighted by Gasteiger charge is 2.30. The lowest BCUT2D eigenvalue weighted by molar-refractivity contribution is -0.137. The van der Waals surface area contributed by atoms with Crippen LogP contribution < -0.4 is 10.5 Å². The summed E-state index contributed by atoms with van der Waals surface area (Å²) in [4.78, 5) is 3.99. The molecular weight excluding hydrogens is 317 g/mol. The van der Waals surface area contributed by atoms with Crippen LogP contribution in [0.25, 0.3) is 0 Å². The fourth-order valence-electron chi connectivity index (χ4n) is 2.05. The fraction of sp³-hybridized carbons (Fsp3) is 0.389. The Morgan fingerprint density at radius 3 is 2.50 bits per heavy atom. The van der Waals surface area contributed by atoms with E-state index < -0.39 is 17.8 Å². The smallest absolute Gasteiger partial charge is 0.416 e. The van der Waals surface area contributed by atoms with E-state index in [0.29, 0.717) is 17.7 Å². The van der Waals surface area contributed by atoms with Gasteiger partial charge in [0.1, 0.15) is 12.4 Å². The summed E-state index contributed by atoms with van der Waals surface area (Å²) in [6.45, 7) is 6.10. The van der Waals surface area contributed by atoms with Crippen molar-refractivity contribution in [2.24, 2.45) is 5.73 Å². The number of alkyl halides is 3. The summed E-state index contributed by atoms with van der Waals surface area (Å²) in [7, 11) is 0. The van der Waals surface area contributed by atoms with Crippen LogP contribution in [0.2, 0.25) is 0 Å². The van der Waals surface area contributed by atoms with Gasteiger partial charge in [-0.25, -0.2) is 0 Å². The van der Waals surface area contributed by atoms with E-state index in [0.717, 1.165) is 17.7 Å². The first-order valence-corrected chi connectivity index (χ1v) is 7.81. The molecule has 0 bridgehead atoms. The van der Waals surface area contributed by atoms with Crippen LogP contribution in [0.1, 0.15) is 30.5 Å². The third-order valence-electron chi connectivity index (χ3n) is 3.07. The van der Waals surface area contributed by atoms with Crippen LogP contribution in [0.3, 0.4) is 0 Å². The van der Waals surface area contributed by atoms with E-state index >= 15 is 0 Å². The monoisotopic (exact) mass is 340 g/mol. The maximum absolute atomic E-state index is 12.6. The summed E-state index contributed by atoms with van der Waals surface area (Å²) in [5.74, 6) is 0.597. The average molecular weight is 340 g/mol. The fourth-order valence-corrected chi connectivity index (χ4v) is 2.05. The molecule has 0 aliphatic rings. The normalized spacial score (nSPS) is 12.1. The van der Waals surface area contributed by atoms with Crippen molar-refractivity contribution in [3.8, 4) is 5.75 Å². The minimum Gasteiger partial charge on any atom is -0.490 e. The predicted molar refractivity (Wildman–Crippen MR) is 88.9 cm³/mol. The molecule has 24 heavy (non-hydrogen) atoms. The lowest BCUT2D eigenvalue weighted by Crippen LogP contribution is -2.30. The van der Waals surface area contributed by atoms with Gasteiger partial charge in [0, 0.05) is 12.2 Å². The Balaban J connectivity index is 0.00000139. The van der Waals surface area contributed by atoms with Gasteiger partial charge in [0.25, 0.3) is 0 Å². The van der Waals surface area contributed by atoms with E-state index in [2.05, 4.69) is 4.98 Å². The standard InChI is InChI=1S/C16H17F3N2O.C2H6/c1-11-5-15(9-21-8-11)22-10-14(20)7-12-3-2-4-13(6-12)16(17,18)19;1-2/h2-6,8-9,14H,7,10,20H2,1H3;1-2H3. The Bertz CT molecular complexity index is 630. The third-order valence-corrected chi connectivity index (χ3v) is 3.07. The van der Waals surface area contributed by atoms with Crippen LogP contribution in [0.5, 0.6) is 5.75 Å². The second kappa shape index (κ2) is 9.27. The zero-order valence-corrected chi connectivity index (χ0v) is 14.1. The van der Waals surface area contributed by atoms with Crippen molar-refractivity contribution in [3.05, 3.63) is 59.4 Å². The van der Waals surface area contributed by atoms with Crippen LogP contribution in [0.15, 0.2) is 42.7 Å². The number of ether oxygens (including phenoxy) is 1. The molecule has 132 valence electrons. The molecular formula is C18H23F3N2O. The van der Waals surface area contributed by atoms with Crippen LogP contribution in [0, 0.1) is 6.92 Å². The zero-order chi connectivity index (χ0) is 18.2. The van der Waals surface area contributed by atoms with Crippen LogP contribution >= 0.6 is 0 Å². The van der Waals surface area contributed by atoms with Crippen molar-refractivity contribution in [2.75, 3.05) is 6.61 Å². The largest absolute Gasteiger partial charge is 0.490 e. The van der Waals surface area contributed by atoms with Gasteiger partial charge in [0.15, 0.2) is 0 Å². The molecule has 2 N–H and O–H groups in total. The van der Waals surface area contributed by atoms with Crippen molar-refractivity contribution < 1.29 is 17.9 Å². The lowest BCUT2D eigenvalue weighted by Gasteiger charge is -2.14. The van der Waals surface area contributed by atoms with Gasteiger partial charge >= 0.3 is 6.18 Å². The van der Waals surface area contributed by atoms with E-state index in [4.69, 9.17) is 10.5 Å². The number of nitrogens with two attached hydrogens (primary N) is 1. The number of pyridine rings is 1. The van der Waals surface area contributed by atoms with Crippen LogP contribution in [0.4, 0.5) is 13.2 Å². The number of aryl methyl sites for hydroxylation is 1. The van der Waals surface area contributed by atoms with Gasteiger partial charge in [-0.2, -0.15) is 13.2 Å². The zero-order valence-electron chi connectivity index (χ0n) is 14.1. The van der Waals surface area contributed by atoms with Gasteiger partial charge in [0.2, 0.25) is 0 Å². The Morgan fingerprint density at radius 2 is 1.88 bits per heavy atom. The number of nitrogens with zero attached hydrogens (tertiary/aromatic N) is 1. The summed E-state index contributed by atoms with van der Waals surface area (Å²) in [5.41, 5.74) is 6.76. The third kappa shape index (κ3) is 6.58. The molecule has 0 amide bonds. The molecule has 0 aliphatic carbocycles. The first-order chi connectivity index (χ1) is 11.3. The highest BCUT2D eigenvalue weighted by Crippen LogP contribution is 2.29. The number of rotatable bonds is 5. The first kappa shape index (κ1) is 20.0. The summed E-state index contributed by atoms with van der Waals surface area (Å²) >= 11 is 0. The number of aromatic nitrogens is 1. The molecule has 1 atom stereocenters. The topological polar surface area (TPSA) is 48.1 Å². The summed E-state index contributed by atoms with van der Waals surface area (Å²) in [6.07, 6.45) is -0.758. The molecule has 6 heteroatoms. The summed E-state index contributed by atoms with van der Waals surface area (Å²) < 4.78 is 43.5. The van der Waals surface area contributed by atoms with Gasteiger partial charge in [0.05, 0.1) is 11.8 Å².